The quantitative estimate of drug-likeness (QED) is 0.414. The Hall–Kier alpha value is 1.26. The van der Waals surface area contributed by atoms with Crippen molar-refractivity contribution in [2.75, 3.05) is 7.11 Å². The van der Waals surface area contributed by atoms with Gasteiger partial charge in [-0.1, -0.05) is 0 Å². The highest BCUT2D eigenvalue weighted by atomic mass is 28.6. The molecule has 0 aromatic heterocycles. The Kier molecular flexibility index (Phi) is 5.51. The smallest absolute Gasteiger partial charge is 0.397 e. The fraction of sp³-hybridized carbons (Fsp3) is 1.00. The van der Waals surface area contributed by atoms with E-state index in [1.54, 1.807) is 39.3 Å². The van der Waals surface area contributed by atoms with Gasteiger partial charge < -0.3 is 49.7 Å². The molecule has 0 amide bonds. The second-order valence-electron chi connectivity index (χ2n) is 7.45. The zero-order valence-corrected chi connectivity index (χ0v) is 25.4. The average molecular weight is 539 g/mol. The monoisotopic (exact) mass is 538 g/mol. The van der Waals surface area contributed by atoms with Crippen LogP contribution in [0.4, 0.5) is 0 Å². The lowest BCUT2D eigenvalue weighted by Crippen LogP contribution is -2.80. The molecule has 0 N–H and O–H groups in total. The van der Waals surface area contributed by atoms with Gasteiger partial charge in [0.1, 0.15) is 0 Å². The summed E-state index contributed by atoms with van der Waals surface area (Å²) in [7, 11) is -23.6. The molecule has 6 bridgehead atoms. The predicted molar refractivity (Wildman–Crippen MR) is 109 cm³/mol. The van der Waals surface area contributed by atoms with Crippen LogP contribution in [0.5, 0.6) is 0 Å². The lowest BCUT2D eigenvalue weighted by Gasteiger charge is -2.55. The molecule has 0 saturated carbocycles. The van der Waals surface area contributed by atoms with Crippen LogP contribution in [0.3, 0.4) is 0 Å². The van der Waals surface area contributed by atoms with E-state index in [2.05, 4.69) is 0 Å². The molecule has 4 aliphatic rings. The van der Waals surface area contributed by atoms with Crippen molar-refractivity contribution in [3.63, 3.8) is 0 Å². The van der Waals surface area contributed by atoms with Crippen LogP contribution in [0.25, 0.3) is 0 Å². The van der Waals surface area contributed by atoms with E-state index in [0.717, 1.165) is 0 Å². The summed E-state index contributed by atoms with van der Waals surface area (Å²) in [5.41, 5.74) is 0. The third-order valence-electron chi connectivity index (χ3n) is 4.17. The second-order valence-corrected chi connectivity index (χ2v) is 29.5. The van der Waals surface area contributed by atoms with E-state index in [9.17, 15) is 0 Å². The third kappa shape index (κ3) is 4.41. The van der Waals surface area contributed by atoms with Crippen molar-refractivity contribution in [1.82, 2.24) is 0 Å². The summed E-state index contributed by atoms with van der Waals surface area (Å²) in [5, 5.41) is 0. The minimum absolute atomic E-state index is 1.51. The molecule has 20 heteroatoms. The first kappa shape index (κ1) is 22.4. The molecular formula is C8H26O12Si8. The van der Waals surface area contributed by atoms with Gasteiger partial charge in [0.15, 0.2) is 0 Å². The number of fused-ring (bicyclic) bond motifs is 4. The zero-order valence-electron chi connectivity index (χ0n) is 17.1. The van der Waals surface area contributed by atoms with Gasteiger partial charge in [-0.05, 0) is 6.55 Å². The largest absolute Gasteiger partial charge is 0.475 e. The number of rotatable bonds is 1. The number of hydrogen-bond donors (Lipinski definition) is 0. The van der Waals surface area contributed by atoms with Crippen molar-refractivity contribution in [3.8, 4) is 0 Å². The Balaban J connectivity index is 1.90. The summed E-state index contributed by atoms with van der Waals surface area (Å²) in [4.78, 5) is 0. The summed E-state index contributed by atoms with van der Waals surface area (Å²) < 4.78 is 74.9. The van der Waals surface area contributed by atoms with E-state index < -0.39 is 71.6 Å². The highest BCUT2D eigenvalue weighted by Gasteiger charge is 2.72. The molecule has 0 aromatic rings. The highest BCUT2D eigenvalue weighted by molar-refractivity contribution is 6.97. The van der Waals surface area contributed by atoms with Crippen molar-refractivity contribution < 1.29 is 49.7 Å². The Morgan fingerprint density at radius 3 is 1.14 bits per heavy atom. The van der Waals surface area contributed by atoms with Crippen LogP contribution >= 0.6 is 0 Å². The molecule has 162 valence electrons. The van der Waals surface area contributed by atoms with E-state index in [0.29, 0.717) is 0 Å². The first-order chi connectivity index (χ1) is 12.7. The van der Waals surface area contributed by atoms with Gasteiger partial charge in [-0.15, -0.1) is 0 Å². The Labute approximate surface area is 174 Å². The molecule has 0 aliphatic carbocycles. The van der Waals surface area contributed by atoms with Crippen molar-refractivity contribution >= 4 is 71.6 Å². The molecule has 4 rings (SSSR count). The van der Waals surface area contributed by atoms with Crippen LogP contribution in [-0.4, -0.2) is 78.7 Å². The maximum Gasteiger partial charge on any atom is 0.475 e. The van der Waals surface area contributed by atoms with Gasteiger partial charge in [0, 0.05) is 46.4 Å². The van der Waals surface area contributed by atoms with Gasteiger partial charge in [0.2, 0.25) is 0 Å². The Morgan fingerprint density at radius 1 is 0.500 bits per heavy atom. The normalized spacial score (nSPS) is 59.6. The molecule has 4 aliphatic heterocycles. The number of hydrogen-bond acceptors (Lipinski definition) is 12. The van der Waals surface area contributed by atoms with Crippen LogP contribution in [0.2, 0.25) is 45.8 Å². The van der Waals surface area contributed by atoms with Gasteiger partial charge in [-0.25, -0.2) is 0 Å². The molecule has 4 fully saturated rings. The Bertz CT molecular complexity index is 611. The van der Waals surface area contributed by atoms with Crippen molar-refractivity contribution in [3.05, 3.63) is 0 Å². The summed E-state index contributed by atoms with van der Waals surface area (Å²) >= 11 is 0. The molecular weight excluding hydrogens is 513 g/mol. The fourth-order valence-electron chi connectivity index (χ4n) is 3.86. The topological polar surface area (TPSA) is 111 Å². The third-order valence-corrected chi connectivity index (χ3v) is 36.4. The van der Waals surface area contributed by atoms with Gasteiger partial charge in [0.25, 0.3) is 0 Å². The highest BCUT2D eigenvalue weighted by Crippen LogP contribution is 2.42. The molecule has 4 atom stereocenters. The first-order valence-corrected chi connectivity index (χ1v) is 25.7. The van der Waals surface area contributed by atoms with Crippen molar-refractivity contribution in [1.29, 1.82) is 0 Å². The molecule has 12 nitrogen and oxygen atoms in total. The van der Waals surface area contributed by atoms with Crippen LogP contribution in [-0.2, 0) is 49.7 Å². The van der Waals surface area contributed by atoms with Gasteiger partial charge in [0.05, 0.1) is 0 Å². The van der Waals surface area contributed by atoms with E-state index in [1.165, 1.54) is 7.11 Å². The van der Waals surface area contributed by atoms with Gasteiger partial charge in [-0.2, -0.15) is 0 Å². The Morgan fingerprint density at radius 2 is 0.786 bits per heavy atom. The molecule has 4 heterocycles. The van der Waals surface area contributed by atoms with Crippen LogP contribution in [0.1, 0.15) is 0 Å². The minimum atomic E-state index is -3.39. The van der Waals surface area contributed by atoms with Crippen LogP contribution in [0.15, 0.2) is 0 Å². The van der Waals surface area contributed by atoms with E-state index in [4.69, 9.17) is 49.7 Å². The molecule has 4 unspecified atom stereocenters. The lowest BCUT2D eigenvalue weighted by molar-refractivity contribution is 0.0162. The summed E-state index contributed by atoms with van der Waals surface area (Å²) in [6.45, 7) is 12.4. The van der Waals surface area contributed by atoms with Gasteiger partial charge >= 0.3 is 71.6 Å². The van der Waals surface area contributed by atoms with Crippen molar-refractivity contribution in [2.45, 2.75) is 45.8 Å². The molecule has 0 radical (unpaired) electrons. The average Bonchev–Trinajstić information content (AvgIpc) is 2.36. The summed E-state index contributed by atoms with van der Waals surface area (Å²) in [5.74, 6) is 0. The summed E-state index contributed by atoms with van der Waals surface area (Å²) in [6, 6.07) is 0. The second kappa shape index (κ2) is 6.87. The minimum Gasteiger partial charge on any atom is -0.397 e. The van der Waals surface area contributed by atoms with Crippen molar-refractivity contribution in [2.24, 2.45) is 0 Å². The maximum atomic E-state index is 6.38. The van der Waals surface area contributed by atoms with Crippen LogP contribution in [0, 0.1) is 0 Å². The lowest BCUT2D eigenvalue weighted by atomic mass is 11.8. The molecule has 0 spiro atoms. The molecule has 0 aromatic carbocycles. The first-order valence-electron chi connectivity index (χ1n) is 8.84. The molecule has 28 heavy (non-hydrogen) atoms. The maximum absolute atomic E-state index is 6.38. The standard InChI is InChI=1S/C8H26O12Si8/c1-9-22-12-25(5)14-23(3)10-21(2)11-24(4)15-26(6,13-22)19-28(8,18-25)20-27(7,16-23)17-24/h21-22H,1-8H3. The molecule has 4 saturated heterocycles. The zero-order chi connectivity index (χ0) is 20.6. The summed E-state index contributed by atoms with van der Waals surface area (Å²) in [6.07, 6.45) is 0. The fourth-order valence-corrected chi connectivity index (χ4v) is 42.8. The van der Waals surface area contributed by atoms with Gasteiger partial charge in [-0.3, -0.25) is 0 Å². The van der Waals surface area contributed by atoms with Crippen LogP contribution < -0.4 is 0 Å². The van der Waals surface area contributed by atoms with E-state index >= 15 is 0 Å². The van der Waals surface area contributed by atoms with E-state index in [-0.39, 0.29) is 0 Å². The van der Waals surface area contributed by atoms with E-state index in [1.807, 2.05) is 6.55 Å². The SMILES string of the molecule is CO[SiH]1O[Si]2(C)O[Si]3(C)O[SiH](C)O[Si]4(C)O[Si](C)(O1)O[Si](C)(O2)O[Si](C)(O3)O4. The predicted octanol–water partition coefficient (Wildman–Crippen LogP) is -0.151.